The number of anilines is 2. The molecular formula is C25H35N5O3. The zero-order valence-electron chi connectivity index (χ0n) is 19.8. The Hall–Kier alpha value is -2.71. The van der Waals surface area contributed by atoms with Gasteiger partial charge in [-0.05, 0) is 67.6 Å². The number of aromatic nitrogens is 2. The Labute approximate surface area is 196 Å². The number of piperidine rings is 1. The number of benzene rings is 1. The summed E-state index contributed by atoms with van der Waals surface area (Å²) in [7, 11) is 1.69. The highest BCUT2D eigenvalue weighted by atomic mass is 16.5. The molecule has 0 saturated carbocycles. The van der Waals surface area contributed by atoms with Crippen molar-refractivity contribution >= 4 is 17.7 Å². The van der Waals surface area contributed by atoms with Crippen molar-refractivity contribution in [2.45, 2.75) is 39.2 Å². The molecule has 0 bridgehead atoms. The van der Waals surface area contributed by atoms with Crippen molar-refractivity contribution in [1.82, 2.24) is 15.3 Å². The first-order chi connectivity index (χ1) is 16.0. The minimum atomic E-state index is -0.0369. The molecule has 2 aliphatic heterocycles. The lowest BCUT2D eigenvalue weighted by molar-refractivity contribution is 0.0980. The number of carbonyl (C=O) groups excluding carboxylic acids is 1. The first-order valence-electron chi connectivity index (χ1n) is 11.9. The van der Waals surface area contributed by atoms with Gasteiger partial charge < -0.3 is 20.1 Å². The van der Waals surface area contributed by atoms with Gasteiger partial charge in [0.05, 0.1) is 19.3 Å². The second kappa shape index (κ2) is 10.9. The first-order valence-corrected chi connectivity index (χ1v) is 11.9. The number of carbonyl (C=O) groups is 1. The van der Waals surface area contributed by atoms with Gasteiger partial charge in [0.15, 0.2) is 0 Å². The molecule has 0 radical (unpaired) electrons. The summed E-state index contributed by atoms with van der Waals surface area (Å²) in [5.41, 5.74) is 1.76. The average molecular weight is 454 g/mol. The van der Waals surface area contributed by atoms with Crippen LogP contribution in [-0.2, 0) is 11.2 Å². The summed E-state index contributed by atoms with van der Waals surface area (Å²) in [5.74, 6) is 2.74. The van der Waals surface area contributed by atoms with Gasteiger partial charge in [0, 0.05) is 31.8 Å². The molecule has 0 spiro atoms. The van der Waals surface area contributed by atoms with Crippen molar-refractivity contribution in [2.75, 3.05) is 50.2 Å². The fourth-order valence-corrected chi connectivity index (χ4v) is 4.39. The van der Waals surface area contributed by atoms with Gasteiger partial charge in [-0.2, -0.15) is 4.98 Å². The molecule has 1 unspecified atom stereocenters. The molecule has 8 nitrogen and oxygen atoms in total. The molecule has 8 heteroatoms. The predicted molar refractivity (Wildman–Crippen MR) is 129 cm³/mol. The summed E-state index contributed by atoms with van der Waals surface area (Å²) in [6.07, 6.45) is 4.64. The van der Waals surface area contributed by atoms with E-state index in [1.165, 1.54) is 0 Å². The van der Waals surface area contributed by atoms with Crippen LogP contribution in [0.1, 0.15) is 42.6 Å². The van der Waals surface area contributed by atoms with Gasteiger partial charge in [-0.15, -0.1) is 0 Å². The van der Waals surface area contributed by atoms with Crippen LogP contribution >= 0.6 is 0 Å². The van der Waals surface area contributed by atoms with Crippen molar-refractivity contribution in [2.24, 2.45) is 11.8 Å². The van der Waals surface area contributed by atoms with Gasteiger partial charge >= 0.3 is 0 Å². The number of fused-ring (bicyclic) bond motifs is 1. The third kappa shape index (κ3) is 5.81. The van der Waals surface area contributed by atoms with Crippen LogP contribution in [0.4, 0.5) is 11.8 Å². The van der Waals surface area contributed by atoms with Crippen molar-refractivity contribution < 1.29 is 14.3 Å². The Bertz CT molecular complexity index is 945. The summed E-state index contributed by atoms with van der Waals surface area (Å²) >= 11 is 0. The average Bonchev–Trinajstić information content (AvgIpc) is 3.30. The topological polar surface area (TPSA) is 88.6 Å². The van der Waals surface area contributed by atoms with Gasteiger partial charge in [0.2, 0.25) is 5.95 Å². The molecule has 1 aromatic heterocycles. The van der Waals surface area contributed by atoms with E-state index in [4.69, 9.17) is 14.5 Å². The van der Waals surface area contributed by atoms with Gasteiger partial charge in [-0.1, -0.05) is 13.8 Å². The Morgan fingerprint density at radius 2 is 2.12 bits per heavy atom. The fourth-order valence-electron chi connectivity index (χ4n) is 4.39. The van der Waals surface area contributed by atoms with Gasteiger partial charge in [0.25, 0.3) is 5.91 Å². The van der Waals surface area contributed by atoms with E-state index in [1.54, 1.807) is 13.3 Å². The lowest BCUT2D eigenvalue weighted by atomic mass is 9.97. The van der Waals surface area contributed by atoms with Gasteiger partial charge in [-0.3, -0.25) is 9.69 Å². The van der Waals surface area contributed by atoms with Crippen LogP contribution in [0.25, 0.3) is 0 Å². The Balaban J connectivity index is 1.61. The van der Waals surface area contributed by atoms with E-state index < -0.39 is 0 Å². The summed E-state index contributed by atoms with van der Waals surface area (Å²) in [6.45, 7) is 8.08. The number of nitrogens with zero attached hydrogens (tertiary/aromatic N) is 3. The van der Waals surface area contributed by atoms with Crippen LogP contribution in [0, 0.1) is 11.8 Å². The zero-order chi connectivity index (χ0) is 23.2. The smallest absolute Gasteiger partial charge is 0.259 e. The summed E-state index contributed by atoms with van der Waals surface area (Å²) in [4.78, 5) is 24.7. The van der Waals surface area contributed by atoms with Crippen LogP contribution in [0.5, 0.6) is 5.75 Å². The molecule has 1 atom stereocenters. The second-order valence-electron chi connectivity index (χ2n) is 9.22. The number of methoxy groups -OCH3 is 1. The minimum Gasteiger partial charge on any atom is -0.493 e. The number of ether oxygens (including phenoxy) is 2. The van der Waals surface area contributed by atoms with Crippen molar-refractivity contribution in [1.29, 1.82) is 0 Å². The lowest BCUT2D eigenvalue weighted by Crippen LogP contribution is -2.40. The lowest BCUT2D eigenvalue weighted by Gasteiger charge is -2.30. The number of rotatable bonds is 9. The van der Waals surface area contributed by atoms with E-state index in [9.17, 15) is 4.79 Å². The molecule has 1 fully saturated rings. The highest BCUT2D eigenvalue weighted by molar-refractivity contribution is 6.05. The minimum absolute atomic E-state index is 0.0369. The Morgan fingerprint density at radius 3 is 2.88 bits per heavy atom. The molecular weight excluding hydrogens is 418 g/mol. The van der Waals surface area contributed by atoms with E-state index in [-0.39, 0.29) is 11.9 Å². The standard InChI is InChI=1S/C25H35N5O3/c1-17(2)21(16-32-3)28-25-27-12-8-23(29-25)30(15-18-6-10-26-11-7-18)24(31)20-4-5-22-19(14-20)9-13-33-22/h4-5,8,12,14,17-18,21,26H,6-7,9-11,13,15-16H2,1-3H3,(H,27,28,29). The Morgan fingerprint density at radius 1 is 1.30 bits per heavy atom. The normalized spacial score (nSPS) is 16.8. The summed E-state index contributed by atoms with van der Waals surface area (Å²) in [5, 5.41) is 6.78. The van der Waals surface area contributed by atoms with Crippen LogP contribution < -0.4 is 20.3 Å². The van der Waals surface area contributed by atoms with E-state index in [1.807, 2.05) is 29.2 Å². The molecule has 2 aliphatic rings. The van der Waals surface area contributed by atoms with E-state index >= 15 is 0 Å². The molecule has 178 valence electrons. The summed E-state index contributed by atoms with van der Waals surface area (Å²) in [6, 6.07) is 7.63. The number of nitrogens with one attached hydrogen (secondary N) is 2. The van der Waals surface area contributed by atoms with Crippen molar-refractivity contribution in [3.05, 3.63) is 41.6 Å². The Kier molecular flexibility index (Phi) is 7.77. The zero-order valence-corrected chi connectivity index (χ0v) is 19.8. The maximum Gasteiger partial charge on any atom is 0.259 e. The van der Waals surface area contributed by atoms with Gasteiger partial charge in [-0.25, -0.2) is 4.98 Å². The highest BCUT2D eigenvalue weighted by Crippen LogP contribution is 2.28. The van der Waals surface area contributed by atoms with E-state index in [2.05, 4.69) is 29.5 Å². The van der Waals surface area contributed by atoms with Crippen molar-refractivity contribution in [3.63, 3.8) is 0 Å². The van der Waals surface area contributed by atoms with Crippen LogP contribution in [0.15, 0.2) is 30.5 Å². The largest absolute Gasteiger partial charge is 0.493 e. The molecule has 1 amide bonds. The fraction of sp³-hybridized carbons (Fsp3) is 0.560. The van der Waals surface area contributed by atoms with Crippen molar-refractivity contribution in [3.8, 4) is 5.75 Å². The first kappa shape index (κ1) is 23.4. The third-order valence-corrected chi connectivity index (χ3v) is 6.46. The third-order valence-electron chi connectivity index (χ3n) is 6.46. The quantitative estimate of drug-likeness (QED) is 0.603. The van der Waals surface area contributed by atoms with Crippen LogP contribution in [0.2, 0.25) is 0 Å². The number of hydrogen-bond acceptors (Lipinski definition) is 7. The molecule has 2 N–H and O–H groups in total. The SMILES string of the molecule is COCC(Nc1nccc(N(CC2CCNCC2)C(=O)c2ccc3c(c2)CCO3)n1)C(C)C. The van der Waals surface area contributed by atoms with Crippen LogP contribution in [0.3, 0.4) is 0 Å². The highest BCUT2D eigenvalue weighted by Gasteiger charge is 2.26. The monoisotopic (exact) mass is 453 g/mol. The molecule has 4 rings (SSSR count). The predicted octanol–water partition coefficient (Wildman–Crippen LogP) is 3.14. The molecule has 2 aromatic rings. The molecule has 3 heterocycles. The molecule has 1 aromatic carbocycles. The maximum absolute atomic E-state index is 13.7. The van der Waals surface area contributed by atoms with E-state index in [0.717, 1.165) is 43.7 Å². The molecule has 33 heavy (non-hydrogen) atoms. The molecule has 0 aliphatic carbocycles. The molecule has 1 saturated heterocycles. The number of hydrogen-bond donors (Lipinski definition) is 2. The second-order valence-corrected chi connectivity index (χ2v) is 9.22. The van der Waals surface area contributed by atoms with E-state index in [0.29, 0.717) is 48.9 Å². The maximum atomic E-state index is 13.7. The summed E-state index contributed by atoms with van der Waals surface area (Å²) < 4.78 is 11.0. The van der Waals surface area contributed by atoms with Gasteiger partial charge in [0.1, 0.15) is 11.6 Å². The number of amides is 1. The van der Waals surface area contributed by atoms with Crippen LogP contribution in [-0.4, -0.2) is 61.9 Å².